The molecule has 0 radical (unpaired) electrons. The van der Waals surface area contributed by atoms with Gasteiger partial charge in [-0.25, -0.2) is 0 Å². The second-order valence-electron chi connectivity index (χ2n) is 20.4. The predicted molar refractivity (Wildman–Crippen MR) is 231 cm³/mol. The van der Waals surface area contributed by atoms with Gasteiger partial charge in [-0.05, 0) is 93.0 Å². The average Bonchev–Trinajstić information content (AvgIpc) is 3.47. The third-order valence-corrected chi connectivity index (χ3v) is 19.0. The van der Waals surface area contributed by atoms with Crippen LogP contribution in [0.3, 0.4) is 0 Å². The van der Waals surface area contributed by atoms with Crippen LogP contribution >= 0.6 is 0 Å². The topological polar surface area (TPSA) is 98.8 Å². The molecule has 4 aliphatic heterocycles. The smallest absolute Gasteiger partial charge is 0.316 e. The number of rotatable bonds is 8. The lowest BCUT2D eigenvalue weighted by Gasteiger charge is -2.52. The molecule has 3 saturated heterocycles. The van der Waals surface area contributed by atoms with Crippen molar-refractivity contribution in [2.75, 3.05) is 6.61 Å². The van der Waals surface area contributed by atoms with E-state index in [1.807, 2.05) is 19.9 Å². The van der Waals surface area contributed by atoms with Crippen molar-refractivity contribution >= 4 is 28.6 Å². The fraction of sp³-hybridized carbons (Fsp3) is 0.783. The molecule has 3 fully saturated rings. The number of allylic oxidation sites excluding steroid dienone is 2. The van der Waals surface area contributed by atoms with Crippen LogP contribution in [0.25, 0.3) is 0 Å². The molecule has 0 N–H and O–H groups in total. The van der Waals surface area contributed by atoms with E-state index in [4.69, 9.17) is 32.5 Å². The van der Waals surface area contributed by atoms with Gasteiger partial charge in [0.25, 0.3) is 0 Å². The van der Waals surface area contributed by atoms with Gasteiger partial charge in [-0.3, -0.25) is 9.59 Å². The van der Waals surface area contributed by atoms with Crippen LogP contribution in [0.1, 0.15) is 114 Å². The summed E-state index contributed by atoms with van der Waals surface area (Å²) in [5.74, 6) is -1.57. The molecule has 0 aromatic carbocycles. The van der Waals surface area contributed by atoms with Gasteiger partial charge < -0.3 is 32.5 Å². The lowest BCUT2D eigenvalue weighted by atomic mass is 9.71. The molecule has 5 aliphatic rings. The Hall–Kier alpha value is -1.87. The second-order valence-corrected chi connectivity index (χ2v) is 29.6. The van der Waals surface area contributed by atoms with Crippen molar-refractivity contribution in [3.8, 4) is 0 Å². The molecule has 57 heavy (non-hydrogen) atoms. The summed E-state index contributed by atoms with van der Waals surface area (Å²) < 4.78 is 48.4. The molecule has 1 spiro atoms. The molecule has 12 atom stereocenters. The van der Waals surface area contributed by atoms with Crippen LogP contribution in [0, 0.1) is 23.7 Å². The molecule has 9 nitrogen and oxygen atoms in total. The molecule has 322 valence electrons. The van der Waals surface area contributed by atoms with E-state index in [0.717, 1.165) is 36.0 Å². The molecular weight excluding hydrogens is 753 g/mol. The standard InChI is InChI=1S/C46H76O9Si2/c1-16-29(3)40-32(6)23-24-45(53-40)27-36-26-35(52-45)22-21-31(5)39(51-38(47)17-2)30(4)19-18-20-34-28-49-42-41(54-57(14,15)44(8,9)10)33(7)25-37(43(48)50-36)46(34,42)55-56(11,12)13/h18-21,25,29-30,32,35-37,39-42H,16-17,22-24,26-28H2,1-15H3/b19-18+,31-21+,34-20+/t29-,30-,32-,35+,36-,37-,39+,40+,41+,42+,45+,46+/m0/s1. The van der Waals surface area contributed by atoms with Gasteiger partial charge in [-0.2, -0.15) is 0 Å². The Morgan fingerprint density at radius 1 is 1.02 bits per heavy atom. The summed E-state index contributed by atoms with van der Waals surface area (Å²) >= 11 is 0. The van der Waals surface area contributed by atoms with Crippen LogP contribution in [-0.2, 0) is 42.1 Å². The van der Waals surface area contributed by atoms with E-state index in [1.165, 1.54) is 0 Å². The van der Waals surface area contributed by atoms with Gasteiger partial charge in [-0.1, -0.05) is 92.2 Å². The molecular formula is C46H76O9Si2. The van der Waals surface area contributed by atoms with E-state index >= 15 is 4.79 Å². The van der Waals surface area contributed by atoms with E-state index in [9.17, 15) is 4.79 Å². The van der Waals surface area contributed by atoms with Crippen molar-refractivity contribution in [2.24, 2.45) is 23.7 Å². The normalized spacial score (nSPS) is 39.8. The Morgan fingerprint density at radius 2 is 1.72 bits per heavy atom. The highest BCUT2D eigenvalue weighted by molar-refractivity contribution is 6.74. The Kier molecular flexibility index (Phi) is 14.3. The number of hydrogen-bond acceptors (Lipinski definition) is 9. The Bertz CT molecular complexity index is 1580. The molecule has 11 heteroatoms. The molecule has 2 bridgehead atoms. The highest BCUT2D eigenvalue weighted by Gasteiger charge is 2.64. The first kappa shape index (κ1) is 46.2. The minimum absolute atomic E-state index is 0.0405. The van der Waals surface area contributed by atoms with Crippen LogP contribution in [-0.4, -0.2) is 83.2 Å². The van der Waals surface area contributed by atoms with Gasteiger partial charge in [0, 0.05) is 31.6 Å². The maximum atomic E-state index is 15.2. The molecule has 0 amide bonds. The minimum Gasteiger partial charge on any atom is -0.462 e. The van der Waals surface area contributed by atoms with Crippen molar-refractivity contribution in [1.29, 1.82) is 0 Å². The number of ether oxygens (including phenoxy) is 5. The Labute approximate surface area is 347 Å². The summed E-state index contributed by atoms with van der Waals surface area (Å²) in [5, 5.41) is -0.0424. The van der Waals surface area contributed by atoms with Crippen LogP contribution < -0.4 is 0 Å². The van der Waals surface area contributed by atoms with Crippen LogP contribution in [0.4, 0.5) is 0 Å². The first-order chi connectivity index (χ1) is 26.5. The number of carbonyl (C=O) groups excluding carboxylic acids is 2. The van der Waals surface area contributed by atoms with Crippen molar-refractivity contribution < 1.29 is 42.1 Å². The van der Waals surface area contributed by atoms with E-state index < -0.39 is 58.4 Å². The van der Waals surface area contributed by atoms with E-state index in [0.29, 0.717) is 37.5 Å². The monoisotopic (exact) mass is 829 g/mol. The summed E-state index contributed by atoms with van der Waals surface area (Å²) in [6.45, 7) is 32.8. The lowest BCUT2D eigenvalue weighted by Crippen LogP contribution is -2.64. The van der Waals surface area contributed by atoms with Gasteiger partial charge >= 0.3 is 11.9 Å². The molecule has 5 rings (SSSR count). The van der Waals surface area contributed by atoms with Gasteiger partial charge in [0.15, 0.2) is 22.4 Å². The van der Waals surface area contributed by atoms with Gasteiger partial charge in [-0.15, -0.1) is 0 Å². The quantitative estimate of drug-likeness (QED) is 0.135. The average molecular weight is 829 g/mol. The zero-order valence-electron chi connectivity index (χ0n) is 38.0. The SMILES string of the molecule is CCC(=O)O[C@H]1/C(C)=C/C[C@@H]2C[C@@H](C[C@]3(CC[C@H](C)[C@@H]([C@@H](C)CC)O3)O2)OC(=O)[C@@H]2C=C(C)[C@@H](O[Si](C)(C)C(C)(C)C)[C@H]3OC/C(=C\C=C\[C@@H]1C)[C@]32O[Si](C)(C)C. The van der Waals surface area contributed by atoms with Gasteiger partial charge in [0.1, 0.15) is 29.8 Å². The van der Waals surface area contributed by atoms with Crippen LogP contribution in [0.5, 0.6) is 0 Å². The Balaban J connectivity index is 1.68. The van der Waals surface area contributed by atoms with Gasteiger partial charge in [0.05, 0.1) is 24.9 Å². The molecule has 0 aromatic heterocycles. The summed E-state index contributed by atoms with van der Waals surface area (Å²) in [6.07, 6.45) is 12.8. The molecule has 0 saturated carbocycles. The van der Waals surface area contributed by atoms with Crippen molar-refractivity contribution in [3.05, 3.63) is 47.1 Å². The van der Waals surface area contributed by atoms with Gasteiger partial charge in [0.2, 0.25) is 0 Å². The van der Waals surface area contributed by atoms with Crippen molar-refractivity contribution in [3.63, 3.8) is 0 Å². The Morgan fingerprint density at radius 3 is 2.35 bits per heavy atom. The van der Waals surface area contributed by atoms with Crippen molar-refractivity contribution in [2.45, 2.75) is 200 Å². The summed E-state index contributed by atoms with van der Waals surface area (Å²) in [7, 11) is -4.69. The lowest BCUT2D eigenvalue weighted by molar-refractivity contribution is -0.340. The van der Waals surface area contributed by atoms with Crippen LogP contribution in [0.2, 0.25) is 37.8 Å². The summed E-state index contributed by atoms with van der Waals surface area (Å²) in [4.78, 5) is 28.0. The summed E-state index contributed by atoms with van der Waals surface area (Å²) in [5.41, 5.74) is 1.66. The highest BCUT2D eigenvalue weighted by Crippen LogP contribution is 2.52. The van der Waals surface area contributed by atoms with E-state index in [2.05, 4.69) is 112 Å². The predicted octanol–water partition coefficient (Wildman–Crippen LogP) is 10.4. The highest BCUT2D eigenvalue weighted by atomic mass is 28.4. The van der Waals surface area contributed by atoms with E-state index in [1.54, 1.807) is 0 Å². The maximum Gasteiger partial charge on any atom is 0.316 e. The summed E-state index contributed by atoms with van der Waals surface area (Å²) in [6, 6.07) is 0. The fourth-order valence-corrected chi connectivity index (χ4v) is 12.0. The third kappa shape index (κ3) is 10.0. The largest absolute Gasteiger partial charge is 0.462 e. The zero-order valence-corrected chi connectivity index (χ0v) is 40.0. The number of fused-ring (bicyclic) bond motifs is 2. The number of carbonyl (C=O) groups is 2. The molecule has 0 aromatic rings. The number of esters is 2. The van der Waals surface area contributed by atoms with Crippen LogP contribution in [0.15, 0.2) is 47.1 Å². The molecule has 0 unspecified atom stereocenters. The first-order valence-corrected chi connectivity index (χ1v) is 28.3. The first-order valence-electron chi connectivity index (χ1n) is 21.9. The van der Waals surface area contributed by atoms with E-state index in [-0.39, 0.29) is 41.7 Å². The number of hydrogen-bond donors (Lipinski definition) is 0. The van der Waals surface area contributed by atoms with Crippen molar-refractivity contribution in [1.82, 2.24) is 0 Å². The zero-order chi connectivity index (χ0) is 42.3. The second kappa shape index (κ2) is 17.6. The fourth-order valence-electron chi connectivity index (χ4n) is 9.27. The minimum atomic E-state index is -2.38. The maximum absolute atomic E-state index is 15.2. The molecule has 4 heterocycles. The third-order valence-electron chi connectivity index (χ3n) is 13.6. The molecule has 1 aliphatic carbocycles.